The maximum Gasteiger partial charge on any atom is 0.115 e. The number of phenolic OH excluding ortho intramolecular Hbond substituents is 1. The van der Waals surface area contributed by atoms with Crippen molar-refractivity contribution in [2.24, 2.45) is 0 Å². The van der Waals surface area contributed by atoms with Gasteiger partial charge >= 0.3 is 0 Å². The van der Waals surface area contributed by atoms with Crippen LogP contribution < -0.4 is 0 Å². The number of aromatic hydroxyl groups is 1. The van der Waals surface area contributed by atoms with Gasteiger partial charge in [0.25, 0.3) is 0 Å². The summed E-state index contributed by atoms with van der Waals surface area (Å²) in [6.07, 6.45) is 5.61. The number of phenols is 1. The van der Waals surface area contributed by atoms with E-state index in [1.54, 1.807) is 0 Å². The number of allylic oxidation sites excluding steroid dienone is 1. The fourth-order valence-corrected chi connectivity index (χ4v) is 2.82. The summed E-state index contributed by atoms with van der Waals surface area (Å²) >= 11 is 0. The molecule has 104 valence electrons. The van der Waals surface area contributed by atoms with Crippen LogP contribution in [0.3, 0.4) is 0 Å². The quantitative estimate of drug-likeness (QED) is 0.839. The minimum Gasteiger partial charge on any atom is -0.508 e. The molecule has 1 atom stereocenters. The van der Waals surface area contributed by atoms with Crippen molar-refractivity contribution in [1.29, 1.82) is 0 Å². The Morgan fingerprint density at radius 1 is 1.37 bits per heavy atom. The van der Waals surface area contributed by atoms with Gasteiger partial charge < -0.3 is 5.11 Å². The van der Waals surface area contributed by atoms with Crippen molar-refractivity contribution in [2.45, 2.75) is 46.1 Å². The molecule has 0 aromatic heterocycles. The van der Waals surface area contributed by atoms with Crippen LogP contribution in [0.2, 0.25) is 0 Å². The smallest absolute Gasteiger partial charge is 0.115 e. The predicted molar refractivity (Wildman–Crippen MR) is 80.6 cm³/mol. The summed E-state index contributed by atoms with van der Waals surface area (Å²) < 4.78 is 0. The molecule has 0 fully saturated rings. The molecule has 0 saturated carbocycles. The molecule has 0 spiro atoms. The second-order valence-corrected chi connectivity index (χ2v) is 5.75. The Morgan fingerprint density at radius 3 is 2.84 bits per heavy atom. The second kappa shape index (κ2) is 6.25. The summed E-state index contributed by atoms with van der Waals surface area (Å²) in [5.74, 6) is 0.395. The Kier molecular flexibility index (Phi) is 4.65. The van der Waals surface area contributed by atoms with E-state index in [9.17, 15) is 5.11 Å². The molecule has 1 aliphatic rings. The van der Waals surface area contributed by atoms with Gasteiger partial charge in [-0.2, -0.15) is 0 Å². The number of fused-ring (bicyclic) bond motifs is 1. The van der Waals surface area contributed by atoms with Gasteiger partial charge in [-0.1, -0.05) is 24.6 Å². The summed E-state index contributed by atoms with van der Waals surface area (Å²) in [5.41, 5.74) is 4.11. The minimum atomic E-state index is 0.395. The van der Waals surface area contributed by atoms with Gasteiger partial charge in [0.05, 0.1) is 0 Å². The Bertz CT molecular complexity index is 460. The van der Waals surface area contributed by atoms with Crippen LogP contribution in [0, 0.1) is 0 Å². The van der Waals surface area contributed by atoms with Gasteiger partial charge in [0, 0.05) is 19.1 Å². The van der Waals surface area contributed by atoms with E-state index in [0.29, 0.717) is 11.8 Å². The number of hydrogen-bond acceptors (Lipinski definition) is 2. The molecule has 1 aromatic rings. The van der Waals surface area contributed by atoms with Crippen molar-refractivity contribution < 1.29 is 5.11 Å². The third-order valence-corrected chi connectivity index (χ3v) is 4.04. The first kappa shape index (κ1) is 14.1. The lowest BCUT2D eigenvalue weighted by Gasteiger charge is -2.28. The molecule has 2 nitrogen and oxygen atoms in total. The number of benzene rings is 1. The summed E-state index contributed by atoms with van der Waals surface area (Å²) in [6.45, 7) is 8.73. The molecule has 1 aromatic carbocycles. The first-order chi connectivity index (χ1) is 9.10. The molecule has 1 aliphatic heterocycles. The van der Waals surface area contributed by atoms with E-state index in [0.717, 1.165) is 32.4 Å². The van der Waals surface area contributed by atoms with Gasteiger partial charge in [-0.25, -0.2) is 0 Å². The number of hydrogen-bond donors (Lipinski definition) is 1. The van der Waals surface area contributed by atoms with Crippen molar-refractivity contribution in [1.82, 2.24) is 4.90 Å². The van der Waals surface area contributed by atoms with Gasteiger partial charge in [-0.3, -0.25) is 4.90 Å². The van der Waals surface area contributed by atoms with Gasteiger partial charge in [-0.15, -0.1) is 0 Å². The number of rotatable bonds is 3. The molecule has 19 heavy (non-hydrogen) atoms. The van der Waals surface area contributed by atoms with Crippen LogP contribution in [0.4, 0.5) is 0 Å². The Labute approximate surface area is 116 Å². The zero-order chi connectivity index (χ0) is 13.8. The molecule has 1 unspecified atom stereocenters. The molecular formula is C17H25NO. The van der Waals surface area contributed by atoms with E-state index in [1.807, 2.05) is 12.1 Å². The van der Waals surface area contributed by atoms with E-state index in [-0.39, 0.29) is 0 Å². The summed E-state index contributed by atoms with van der Waals surface area (Å²) in [5, 5.41) is 9.66. The highest BCUT2D eigenvalue weighted by molar-refractivity contribution is 5.36. The predicted octanol–water partition coefficient (Wildman–Crippen LogP) is 3.54. The van der Waals surface area contributed by atoms with Crippen LogP contribution >= 0.6 is 0 Å². The average Bonchev–Trinajstić information content (AvgIpc) is 2.54. The van der Waals surface area contributed by atoms with E-state index in [4.69, 9.17) is 0 Å². The van der Waals surface area contributed by atoms with Crippen LogP contribution in [0.25, 0.3) is 0 Å². The fraction of sp³-hybridized carbons (Fsp3) is 0.529. The van der Waals surface area contributed by atoms with Crippen molar-refractivity contribution in [3.8, 4) is 5.75 Å². The molecule has 0 bridgehead atoms. The van der Waals surface area contributed by atoms with Crippen molar-refractivity contribution in [3.63, 3.8) is 0 Å². The highest BCUT2D eigenvalue weighted by Crippen LogP contribution is 2.25. The highest BCUT2D eigenvalue weighted by Gasteiger charge is 2.21. The normalized spacial score (nSPS) is 19.6. The first-order valence-electron chi connectivity index (χ1n) is 7.28. The van der Waals surface area contributed by atoms with Gasteiger partial charge in [0.2, 0.25) is 0 Å². The lowest BCUT2D eigenvalue weighted by atomic mass is 9.99. The van der Waals surface area contributed by atoms with Gasteiger partial charge in [-0.05, 0) is 56.4 Å². The lowest BCUT2D eigenvalue weighted by Crippen LogP contribution is -2.36. The molecule has 2 heteroatoms. The Morgan fingerprint density at radius 2 is 2.16 bits per heavy atom. The average molecular weight is 259 g/mol. The van der Waals surface area contributed by atoms with Crippen molar-refractivity contribution >= 4 is 0 Å². The third-order valence-electron chi connectivity index (χ3n) is 4.04. The van der Waals surface area contributed by atoms with Gasteiger partial charge in [0.15, 0.2) is 0 Å². The van der Waals surface area contributed by atoms with E-state index in [2.05, 4.69) is 37.8 Å². The SMILES string of the molecule is CCC1Cc2cc(O)ccc2CCN1CC=C(C)C. The van der Waals surface area contributed by atoms with Crippen molar-refractivity contribution in [2.75, 3.05) is 13.1 Å². The zero-order valence-corrected chi connectivity index (χ0v) is 12.3. The number of nitrogens with zero attached hydrogens (tertiary/aromatic N) is 1. The fourth-order valence-electron chi connectivity index (χ4n) is 2.82. The largest absolute Gasteiger partial charge is 0.508 e. The highest BCUT2D eigenvalue weighted by atomic mass is 16.3. The second-order valence-electron chi connectivity index (χ2n) is 5.75. The summed E-state index contributed by atoms with van der Waals surface area (Å²) in [4.78, 5) is 2.57. The topological polar surface area (TPSA) is 23.5 Å². The third kappa shape index (κ3) is 3.60. The van der Waals surface area contributed by atoms with Crippen LogP contribution in [0.1, 0.15) is 38.3 Å². The molecule has 0 aliphatic carbocycles. The Balaban J connectivity index is 2.18. The molecule has 0 radical (unpaired) electrons. The van der Waals surface area contributed by atoms with E-state index in [1.165, 1.54) is 16.7 Å². The van der Waals surface area contributed by atoms with Crippen LogP contribution in [0.15, 0.2) is 29.8 Å². The molecule has 0 amide bonds. The van der Waals surface area contributed by atoms with Crippen LogP contribution in [-0.4, -0.2) is 29.1 Å². The van der Waals surface area contributed by atoms with Crippen molar-refractivity contribution in [3.05, 3.63) is 41.0 Å². The first-order valence-corrected chi connectivity index (χ1v) is 7.28. The summed E-state index contributed by atoms with van der Waals surface area (Å²) in [6, 6.07) is 6.43. The maximum atomic E-state index is 9.66. The zero-order valence-electron chi connectivity index (χ0n) is 12.3. The Hall–Kier alpha value is -1.28. The molecule has 2 rings (SSSR count). The van der Waals surface area contributed by atoms with Crippen LogP contribution in [-0.2, 0) is 12.8 Å². The van der Waals surface area contributed by atoms with Crippen LogP contribution in [0.5, 0.6) is 5.75 Å². The maximum absolute atomic E-state index is 9.66. The lowest BCUT2D eigenvalue weighted by molar-refractivity contribution is 0.219. The monoisotopic (exact) mass is 259 g/mol. The molecule has 0 saturated heterocycles. The molecule has 1 N–H and O–H groups in total. The molecular weight excluding hydrogens is 234 g/mol. The van der Waals surface area contributed by atoms with E-state index >= 15 is 0 Å². The van der Waals surface area contributed by atoms with E-state index < -0.39 is 0 Å². The minimum absolute atomic E-state index is 0.395. The van der Waals surface area contributed by atoms with Gasteiger partial charge in [0.1, 0.15) is 5.75 Å². The molecule has 1 heterocycles. The summed E-state index contributed by atoms with van der Waals surface area (Å²) in [7, 11) is 0. The standard InChI is InChI=1S/C17H25NO/c1-4-16-11-15-12-17(19)6-5-14(15)8-10-18(16)9-7-13(2)3/h5-7,12,16,19H,4,8-11H2,1-3H3.